The molecule has 3 heteroatoms. The maximum Gasteiger partial charge on any atom is 0.0594 e. The summed E-state index contributed by atoms with van der Waals surface area (Å²) in [7, 11) is 0. The molecule has 0 bridgehead atoms. The second kappa shape index (κ2) is 7.54. The maximum atomic E-state index is 5.59. The van der Waals surface area contributed by atoms with Gasteiger partial charge < -0.3 is 10.5 Å². The Morgan fingerprint density at radius 2 is 1.36 bits per heavy atom. The highest BCUT2D eigenvalue weighted by Gasteiger charge is 2.10. The lowest BCUT2D eigenvalue weighted by Gasteiger charge is -2.26. The van der Waals surface area contributed by atoms with Gasteiger partial charge in [-0.25, -0.2) is 0 Å². The molecule has 1 fully saturated rings. The lowest BCUT2D eigenvalue weighted by Crippen LogP contribution is -2.35. The van der Waals surface area contributed by atoms with Gasteiger partial charge in [0.05, 0.1) is 13.2 Å². The first-order chi connectivity index (χ1) is 10.8. The third kappa shape index (κ3) is 3.95. The third-order valence-corrected chi connectivity index (χ3v) is 4.18. The van der Waals surface area contributed by atoms with Gasteiger partial charge in [0, 0.05) is 19.6 Å². The number of morpholine rings is 1. The second-order valence-corrected chi connectivity index (χ2v) is 5.82. The van der Waals surface area contributed by atoms with Gasteiger partial charge in [-0.2, -0.15) is 0 Å². The normalized spacial score (nSPS) is 15.9. The quantitative estimate of drug-likeness (QED) is 0.922. The first-order valence-corrected chi connectivity index (χ1v) is 8.03. The second-order valence-electron chi connectivity index (χ2n) is 5.82. The summed E-state index contributed by atoms with van der Waals surface area (Å²) in [6.07, 6.45) is 0.943. The summed E-state index contributed by atoms with van der Waals surface area (Å²) >= 11 is 0. The standard InChI is InChI=1S/C19H24N2O/c20-10-9-16-1-5-18(6-2-16)19-7-3-17(4-8-19)15-21-11-13-22-14-12-21/h1-8H,9-15,20H2. The Hall–Kier alpha value is -1.68. The molecule has 0 atom stereocenters. The summed E-state index contributed by atoms with van der Waals surface area (Å²) in [6, 6.07) is 17.6. The van der Waals surface area contributed by atoms with Gasteiger partial charge in [0.2, 0.25) is 0 Å². The minimum absolute atomic E-state index is 0.704. The van der Waals surface area contributed by atoms with Crippen molar-refractivity contribution in [2.75, 3.05) is 32.8 Å². The minimum atomic E-state index is 0.704. The van der Waals surface area contributed by atoms with Crippen LogP contribution < -0.4 is 5.73 Å². The molecule has 0 aliphatic carbocycles. The number of hydrogen-bond acceptors (Lipinski definition) is 3. The van der Waals surface area contributed by atoms with Crippen LogP contribution in [0, 0.1) is 0 Å². The number of rotatable bonds is 5. The SMILES string of the molecule is NCCc1ccc(-c2ccc(CN3CCOCC3)cc2)cc1. The number of hydrogen-bond donors (Lipinski definition) is 1. The molecule has 0 unspecified atom stereocenters. The van der Waals surface area contributed by atoms with Gasteiger partial charge in [-0.15, -0.1) is 0 Å². The van der Waals surface area contributed by atoms with Gasteiger partial charge in [0.25, 0.3) is 0 Å². The summed E-state index contributed by atoms with van der Waals surface area (Å²) in [5.41, 5.74) is 10.8. The van der Waals surface area contributed by atoms with Crippen LogP contribution in [0.2, 0.25) is 0 Å². The molecule has 2 aromatic carbocycles. The Labute approximate surface area is 132 Å². The van der Waals surface area contributed by atoms with Crippen molar-refractivity contribution in [2.45, 2.75) is 13.0 Å². The first kappa shape index (κ1) is 15.2. The van der Waals surface area contributed by atoms with E-state index in [4.69, 9.17) is 10.5 Å². The zero-order chi connectivity index (χ0) is 15.2. The zero-order valence-electron chi connectivity index (χ0n) is 13.0. The molecule has 3 nitrogen and oxygen atoms in total. The van der Waals surface area contributed by atoms with Crippen molar-refractivity contribution < 1.29 is 4.74 Å². The predicted octanol–water partition coefficient (Wildman–Crippen LogP) is 2.69. The van der Waals surface area contributed by atoms with Gasteiger partial charge in [-0.3, -0.25) is 4.90 Å². The van der Waals surface area contributed by atoms with Crippen molar-refractivity contribution in [3.05, 3.63) is 59.7 Å². The Kier molecular flexibility index (Phi) is 5.22. The molecule has 1 heterocycles. The average Bonchev–Trinajstić information content (AvgIpc) is 2.58. The molecule has 22 heavy (non-hydrogen) atoms. The van der Waals surface area contributed by atoms with E-state index in [1.165, 1.54) is 22.3 Å². The fraction of sp³-hybridized carbons (Fsp3) is 0.368. The van der Waals surface area contributed by atoms with Crippen LogP contribution in [-0.4, -0.2) is 37.7 Å². The van der Waals surface area contributed by atoms with Crippen LogP contribution in [0.1, 0.15) is 11.1 Å². The van der Waals surface area contributed by atoms with Gasteiger partial charge >= 0.3 is 0 Å². The molecule has 1 saturated heterocycles. The molecular weight excluding hydrogens is 272 g/mol. The highest BCUT2D eigenvalue weighted by Crippen LogP contribution is 2.21. The molecule has 0 radical (unpaired) electrons. The minimum Gasteiger partial charge on any atom is -0.379 e. The van der Waals surface area contributed by atoms with Crippen LogP contribution in [0.25, 0.3) is 11.1 Å². The van der Waals surface area contributed by atoms with Crippen molar-refractivity contribution in [1.82, 2.24) is 4.90 Å². The monoisotopic (exact) mass is 296 g/mol. The Morgan fingerprint density at radius 3 is 1.91 bits per heavy atom. The van der Waals surface area contributed by atoms with Crippen LogP contribution >= 0.6 is 0 Å². The Bertz CT molecular complexity index is 571. The van der Waals surface area contributed by atoms with Crippen molar-refractivity contribution >= 4 is 0 Å². The summed E-state index contributed by atoms with van der Waals surface area (Å²) in [5.74, 6) is 0. The number of nitrogens with two attached hydrogens (primary N) is 1. The van der Waals surface area contributed by atoms with Gasteiger partial charge in [-0.05, 0) is 35.2 Å². The largest absolute Gasteiger partial charge is 0.379 e. The highest BCUT2D eigenvalue weighted by atomic mass is 16.5. The van der Waals surface area contributed by atoms with Gasteiger partial charge in [-0.1, -0.05) is 48.5 Å². The van der Waals surface area contributed by atoms with E-state index < -0.39 is 0 Å². The molecule has 3 rings (SSSR count). The summed E-state index contributed by atoms with van der Waals surface area (Å²) < 4.78 is 5.39. The van der Waals surface area contributed by atoms with Crippen molar-refractivity contribution in [3.8, 4) is 11.1 Å². The molecule has 2 aromatic rings. The molecule has 0 aromatic heterocycles. The molecule has 0 saturated carbocycles. The third-order valence-electron chi connectivity index (χ3n) is 4.18. The van der Waals surface area contributed by atoms with Crippen LogP contribution in [0.3, 0.4) is 0 Å². The number of nitrogens with zero attached hydrogens (tertiary/aromatic N) is 1. The van der Waals surface area contributed by atoms with Crippen molar-refractivity contribution in [3.63, 3.8) is 0 Å². The molecule has 1 aliphatic rings. The summed E-state index contributed by atoms with van der Waals surface area (Å²) in [4.78, 5) is 2.44. The molecule has 0 spiro atoms. The summed E-state index contributed by atoms with van der Waals surface area (Å²) in [5, 5.41) is 0. The Balaban J connectivity index is 1.65. The van der Waals surface area contributed by atoms with Crippen LogP contribution in [0.15, 0.2) is 48.5 Å². The van der Waals surface area contributed by atoms with Gasteiger partial charge in [0.15, 0.2) is 0 Å². The van der Waals surface area contributed by atoms with E-state index >= 15 is 0 Å². The van der Waals surface area contributed by atoms with E-state index in [1.54, 1.807) is 0 Å². The smallest absolute Gasteiger partial charge is 0.0594 e. The van der Waals surface area contributed by atoms with Crippen LogP contribution in [0.5, 0.6) is 0 Å². The van der Waals surface area contributed by atoms with E-state index in [9.17, 15) is 0 Å². The number of ether oxygens (including phenoxy) is 1. The van der Waals surface area contributed by atoms with Crippen molar-refractivity contribution in [2.24, 2.45) is 5.73 Å². The lowest BCUT2D eigenvalue weighted by atomic mass is 10.0. The Morgan fingerprint density at radius 1 is 0.818 bits per heavy atom. The fourth-order valence-corrected chi connectivity index (χ4v) is 2.85. The molecule has 0 amide bonds. The average molecular weight is 296 g/mol. The van der Waals surface area contributed by atoms with E-state index in [2.05, 4.69) is 53.4 Å². The van der Waals surface area contributed by atoms with Crippen LogP contribution in [-0.2, 0) is 17.7 Å². The fourth-order valence-electron chi connectivity index (χ4n) is 2.85. The molecular formula is C19H24N2O. The molecule has 116 valence electrons. The highest BCUT2D eigenvalue weighted by molar-refractivity contribution is 5.63. The lowest BCUT2D eigenvalue weighted by molar-refractivity contribution is 0.0342. The molecule has 2 N–H and O–H groups in total. The van der Waals surface area contributed by atoms with E-state index in [-0.39, 0.29) is 0 Å². The van der Waals surface area contributed by atoms with Gasteiger partial charge in [0.1, 0.15) is 0 Å². The van der Waals surface area contributed by atoms with Crippen LogP contribution in [0.4, 0.5) is 0 Å². The van der Waals surface area contributed by atoms with E-state index in [1.807, 2.05) is 0 Å². The number of benzene rings is 2. The van der Waals surface area contributed by atoms with E-state index in [0.29, 0.717) is 6.54 Å². The summed E-state index contributed by atoms with van der Waals surface area (Å²) in [6.45, 7) is 5.49. The first-order valence-electron chi connectivity index (χ1n) is 8.03. The topological polar surface area (TPSA) is 38.5 Å². The molecule has 1 aliphatic heterocycles. The predicted molar refractivity (Wildman–Crippen MR) is 90.7 cm³/mol. The van der Waals surface area contributed by atoms with E-state index in [0.717, 1.165) is 39.3 Å². The maximum absolute atomic E-state index is 5.59. The van der Waals surface area contributed by atoms with Crippen molar-refractivity contribution in [1.29, 1.82) is 0 Å². The zero-order valence-corrected chi connectivity index (χ0v) is 13.0.